The Morgan fingerprint density at radius 2 is 1.85 bits per heavy atom. The minimum absolute atomic E-state index is 0.0673. The van der Waals surface area contributed by atoms with Crippen LogP contribution >= 0.6 is 23.5 Å². The predicted molar refractivity (Wildman–Crippen MR) is 109 cm³/mol. The molecule has 6 heteroatoms. The van der Waals surface area contributed by atoms with E-state index in [1.807, 2.05) is 33.8 Å². The van der Waals surface area contributed by atoms with Crippen LogP contribution in [0.25, 0.3) is 0 Å². The zero-order valence-corrected chi connectivity index (χ0v) is 17.1. The Morgan fingerprint density at radius 3 is 2.42 bits per heavy atom. The fourth-order valence-corrected chi connectivity index (χ4v) is 4.60. The molecule has 26 heavy (non-hydrogen) atoms. The van der Waals surface area contributed by atoms with Crippen molar-refractivity contribution in [1.29, 1.82) is 0 Å². The molecule has 140 valence electrons. The summed E-state index contributed by atoms with van der Waals surface area (Å²) < 4.78 is 0. The zero-order chi connectivity index (χ0) is 19.4. The normalized spacial score (nSPS) is 14.7. The molecule has 0 bridgehead atoms. The van der Waals surface area contributed by atoms with Crippen molar-refractivity contribution >= 4 is 35.1 Å². The molecule has 0 radical (unpaired) electrons. The fraction of sp³-hybridized carbons (Fsp3) is 0.400. The second kappa shape index (κ2) is 8.82. The molecule has 0 spiro atoms. The van der Waals surface area contributed by atoms with Gasteiger partial charge in [-0.15, -0.1) is 11.8 Å². The molecule has 0 saturated heterocycles. The second-order valence-electron chi connectivity index (χ2n) is 6.18. The van der Waals surface area contributed by atoms with E-state index in [9.17, 15) is 19.8 Å². The molecule has 1 aromatic carbocycles. The van der Waals surface area contributed by atoms with Crippen LogP contribution in [0, 0.1) is 0 Å². The first kappa shape index (κ1) is 20.6. The fourth-order valence-electron chi connectivity index (χ4n) is 2.86. The summed E-state index contributed by atoms with van der Waals surface area (Å²) in [6.07, 6.45) is 4.00. The molecule has 0 saturated carbocycles. The van der Waals surface area contributed by atoms with Gasteiger partial charge >= 0.3 is 0 Å². The van der Waals surface area contributed by atoms with Gasteiger partial charge in [0.25, 0.3) is 0 Å². The van der Waals surface area contributed by atoms with Gasteiger partial charge in [-0.25, -0.2) is 0 Å². The van der Waals surface area contributed by atoms with Gasteiger partial charge in [0.1, 0.15) is 11.5 Å². The van der Waals surface area contributed by atoms with Gasteiger partial charge in [0, 0.05) is 10.8 Å². The Balaban J connectivity index is 2.55. The third kappa shape index (κ3) is 4.18. The topological polar surface area (TPSA) is 74.6 Å². The summed E-state index contributed by atoms with van der Waals surface area (Å²) in [6.45, 7) is 7.89. The number of phenols is 2. The number of hydrogen-bond donors (Lipinski definition) is 2. The van der Waals surface area contributed by atoms with Crippen molar-refractivity contribution in [2.75, 3.05) is 11.5 Å². The maximum atomic E-state index is 13.1. The van der Waals surface area contributed by atoms with Crippen molar-refractivity contribution in [3.8, 4) is 11.5 Å². The summed E-state index contributed by atoms with van der Waals surface area (Å²) in [5.41, 5.74) is 1.37. The molecule has 4 nitrogen and oxygen atoms in total. The number of Topliss-reactive ketones (excluding diaryl/α,β-unsaturated/α-hetero) is 1. The minimum Gasteiger partial charge on any atom is -0.507 e. The van der Waals surface area contributed by atoms with E-state index < -0.39 is 5.78 Å². The van der Waals surface area contributed by atoms with E-state index >= 15 is 0 Å². The highest BCUT2D eigenvalue weighted by Gasteiger charge is 2.35. The van der Waals surface area contributed by atoms with Crippen molar-refractivity contribution in [3.05, 3.63) is 40.5 Å². The van der Waals surface area contributed by atoms with Crippen molar-refractivity contribution in [3.63, 3.8) is 0 Å². The monoisotopic (exact) mass is 392 g/mol. The Hall–Kier alpha value is -1.66. The maximum Gasteiger partial charge on any atom is 0.194 e. The Kier molecular flexibility index (Phi) is 7.01. The van der Waals surface area contributed by atoms with E-state index in [0.717, 1.165) is 11.3 Å². The molecular weight excluding hydrogens is 368 g/mol. The summed E-state index contributed by atoms with van der Waals surface area (Å²) >= 11 is 2.91. The third-order valence-corrected chi connectivity index (χ3v) is 6.11. The highest BCUT2D eigenvalue weighted by Crippen LogP contribution is 2.43. The van der Waals surface area contributed by atoms with E-state index in [0.29, 0.717) is 22.6 Å². The lowest BCUT2D eigenvalue weighted by molar-refractivity contribution is 0.0976. The van der Waals surface area contributed by atoms with Gasteiger partial charge in [-0.2, -0.15) is 11.8 Å². The zero-order valence-electron chi connectivity index (χ0n) is 15.5. The van der Waals surface area contributed by atoms with Crippen LogP contribution in [0.5, 0.6) is 11.5 Å². The lowest BCUT2D eigenvalue weighted by Gasteiger charge is -2.23. The number of carbonyl (C=O) groups is 2. The van der Waals surface area contributed by atoms with E-state index in [1.54, 1.807) is 11.8 Å². The Bertz CT molecular complexity index is 789. The van der Waals surface area contributed by atoms with Crippen LogP contribution in [0.2, 0.25) is 0 Å². The number of allylic oxidation sites excluding steroid dienone is 3. The van der Waals surface area contributed by atoms with Crippen molar-refractivity contribution in [2.45, 2.75) is 44.3 Å². The smallest absolute Gasteiger partial charge is 0.194 e. The number of hydrogen-bond acceptors (Lipinski definition) is 6. The lowest BCUT2D eigenvalue weighted by Crippen LogP contribution is -2.24. The van der Waals surface area contributed by atoms with Crippen LogP contribution in [0.3, 0.4) is 0 Å². The minimum atomic E-state index is -0.436. The standard InChI is InChI=1S/C20H24O4S2/c1-5-25-15(8-7-11(3)4)12-9-13(21)17-14(22)10-16(26-6-2)20(24)18(17)19(12)23/h7,9-10,15,22,24H,5-6,8H2,1-4H3. The third-order valence-electron chi connectivity index (χ3n) is 4.02. The summed E-state index contributed by atoms with van der Waals surface area (Å²) in [5, 5.41) is 20.7. The number of carbonyl (C=O) groups excluding carboxylic acids is 2. The highest BCUT2D eigenvalue weighted by atomic mass is 32.2. The molecule has 0 aliphatic heterocycles. The quantitative estimate of drug-likeness (QED) is 0.387. The Labute approximate surface area is 162 Å². The van der Waals surface area contributed by atoms with Crippen LogP contribution < -0.4 is 0 Å². The molecule has 2 N–H and O–H groups in total. The van der Waals surface area contributed by atoms with Crippen molar-refractivity contribution in [2.24, 2.45) is 0 Å². The number of benzene rings is 1. The van der Waals surface area contributed by atoms with Gasteiger partial charge in [0.05, 0.1) is 16.0 Å². The number of fused-ring (bicyclic) bond motifs is 1. The van der Waals surface area contributed by atoms with Crippen molar-refractivity contribution in [1.82, 2.24) is 0 Å². The molecule has 1 unspecified atom stereocenters. The molecule has 2 rings (SSSR count). The molecule has 1 atom stereocenters. The van der Waals surface area contributed by atoms with Crippen LogP contribution in [0.1, 0.15) is 54.8 Å². The summed E-state index contributed by atoms with van der Waals surface area (Å²) in [4.78, 5) is 26.1. The summed E-state index contributed by atoms with van der Waals surface area (Å²) in [6, 6.07) is 1.35. The largest absolute Gasteiger partial charge is 0.507 e. The summed E-state index contributed by atoms with van der Waals surface area (Å²) in [7, 11) is 0. The van der Waals surface area contributed by atoms with Gasteiger partial charge in [-0.1, -0.05) is 25.5 Å². The first-order valence-electron chi connectivity index (χ1n) is 8.59. The lowest BCUT2D eigenvalue weighted by atomic mass is 9.86. The van der Waals surface area contributed by atoms with Crippen LogP contribution in [-0.4, -0.2) is 38.5 Å². The molecule has 0 amide bonds. The van der Waals surface area contributed by atoms with Gasteiger partial charge in [0.15, 0.2) is 11.6 Å². The molecule has 1 aliphatic carbocycles. The molecular formula is C20H24O4S2. The van der Waals surface area contributed by atoms with E-state index in [1.165, 1.54) is 23.9 Å². The average Bonchev–Trinajstić information content (AvgIpc) is 2.58. The highest BCUT2D eigenvalue weighted by molar-refractivity contribution is 8.00. The molecule has 1 aromatic rings. The maximum absolute atomic E-state index is 13.1. The number of phenolic OH excluding ortho intramolecular Hbond substituents is 2. The van der Waals surface area contributed by atoms with E-state index in [2.05, 4.69) is 0 Å². The molecule has 0 aromatic heterocycles. The van der Waals surface area contributed by atoms with E-state index in [-0.39, 0.29) is 33.7 Å². The SMILES string of the molecule is CCSc1cc(O)c2c(c1O)C(=O)C(C(CC=C(C)C)SCC)=CC2=O. The van der Waals surface area contributed by atoms with Crippen LogP contribution in [-0.2, 0) is 0 Å². The number of ketones is 2. The van der Waals surface area contributed by atoms with Crippen LogP contribution in [0.4, 0.5) is 0 Å². The van der Waals surface area contributed by atoms with Crippen molar-refractivity contribution < 1.29 is 19.8 Å². The van der Waals surface area contributed by atoms with Gasteiger partial charge in [-0.3, -0.25) is 9.59 Å². The molecule has 1 aliphatic rings. The molecule has 0 fully saturated rings. The average molecular weight is 393 g/mol. The van der Waals surface area contributed by atoms with Gasteiger partial charge < -0.3 is 10.2 Å². The predicted octanol–water partition coefficient (Wildman–Crippen LogP) is 4.99. The number of thioether (sulfide) groups is 2. The number of rotatable bonds is 7. The second-order valence-corrected chi connectivity index (χ2v) is 8.97. The Morgan fingerprint density at radius 1 is 1.15 bits per heavy atom. The first-order chi connectivity index (χ1) is 12.3. The number of aromatic hydroxyl groups is 2. The summed E-state index contributed by atoms with van der Waals surface area (Å²) in [5.74, 6) is 0.192. The van der Waals surface area contributed by atoms with E-state index in [4.69, 9.17) is 0 Å². The molecule has 0 heterocycles. The van der Waals surface area contributed by atoms with Crippen LogP contribution in [0.15, 0.2) is 34.3 Å². The van der Waals surface area contributed by atoms with Gasteiger partial charge in [0.2, 0.25) is 0 Å². The first-order valence-corrected chi connectivity index (χ1v) is 10.6. The van der Waals surface area contributed by atoms with Gasteiger partial charge in [-0.05, 0) is 43.9 Å².